The van der Waals surface area contributed by atoms with Crippen LogP contribution in [0.4, 0.5) is 0 Å². The highest BCUT2D eigenvalue weighted by Crippen LogP contribution is 2.41. The molecule has 4 saturated heterocycles. The van der Waals surface area contributed by atoms with Crippen LogP contribution >= 0.6 is 0 Å². The van der Waals surface area contributed by atoms with E-state index in [1.54, 1.807) is 61.5 Å². The Hall–Kier alpha value is -7.40. The van der Waals surface area contributed by atoms with E-state index in [0.717, 1.165) is 22.3 Å². The normalized spacial score (nSPS) is 30.2. The molecule has 4 aliphatic rings. The van der Waals surface area contributed by atoms with Crippen LogP contribution in [-0.2, 0) is 137 Å². The Morgan fingerprint density at radius 3 is 1.27 bits per heavy atom. The summed E-state index contributed by atoms with van der Waals surface area (Å²) in [5.41, 5.74) is 4.07. The van der Waals surface area contributed by atoms with E-state index in [1.165, 1.54) is 42.5 Å². The predicted molar refractivity (Wildman–Crippen MR) is 349 cm³/mol. The zero-order chi connectivity index (χ0) is 68.9. The average Bonchev–Trinajstić information content (AvgIpc) is 0.762. The van der Waals surface area contributed by atoms with Crippen molar-refractivity contribution in [3.05, 3.63) is 215 Å². The number of esters is 4. The quantitative estimate of drug-likeness (QED) is 0.0292. The first-order valence-electron chi connectivity index (χ1n) is 32.7. The van der Waals surface area contributed by atoms with Gasteiger partial charge in [-0.25, -0.2) is 14.4 Å². The van der Waals surface area contributed by atoms with Crippen molar-refractivity contribution in [1.29, 1.82) is 0 Å². The third-order valence-electron chi connectivity index (χ3n) is 17.7. The lowest BCUT2D eigenvalue weighted by molar-refractivity contribution is -0.385. The van der Waals surface area contributed by atoms with Crippen LogP contribution in [0.3, 0.4) is 0 Å². The lowest BCUT2D eigenvalue weighted by atomic mass is 9.88. The SMILES string of the molecule is COC1C(OC)[C@H](C)[C@H](C(=O)OCc2ccccc2)O[C@@H]1O[C@@H]1C(COC(C)=O)O[C@@H](O[C@H]2C(C(=O)OCc3ccccc3)O[C@@H](O[C@@H]3C(COCc4ccccc4)O[C@H](OC)C(OCc4ccccc4)C3OC)[C@@H](OC(=O)c3ccccc3)C2OC)C(OCc2ccccc2)[C@H]1C. The third-order valence-corrected chi connectivity index (χ3v) is 17.7. The highest BCUT2D eigenvalue weighted by Gasteiger charge is 2.60. The third kappa shape index (κ3) is 18.9. The molecule has 20 atom stereocenters. The van der Waals surface area contributed by atoms with Crippen LogP contribution in [0, 0.1) is 11.8 Å². The van der Waals surface area contributed by atoms with Crippen LogP contribution in [0.1, 0.15) is 58.9 Å². The first kappa shape index (κ1) is 73.3. The first-order chi connectivity index (χ1) is 47.8. The molecule has 0 radical (unpaired) electrons. The minimum absolute atomic E-state index is 0.00932. The molecule has 526 valence electrons. The number of hydrogen-bond acceptors (Lipinski definition) is 23. The Labute approximate surface area is 571 Å². The van der Waals surface area contributed by atoms with E-state index >= 15 is 4.79 Å². The predicted octanol–water partition coefficient (Wildman–Crippen LogP) is 8.68. The molecule has 4 aliphatic heterocycles. The Morgan fingerprint density at radius 2 is 0.755 bits per heavy atom. The Bertz CT molecular complexity index is 3360. The number of carbonyl (C=O) groups is 4. The molecule has 0 amide bonds. The Balaban J connectivity index is 1.03. The van der Waals surface area contributed by atoms with Gasteiger partial charge in [0.15, 0.2) is 43.5 Å². The van der Waals surface area contributed by atoms with Gasteiger partial charge in [0.2, 0.25) is 0 Å². The van der Waals surface area contributed by atoms with Gasteiger partial charge in [0.1, 0.15) is 74.8 Å². The van der Waals surface area contributed by atoms with Gasteiger partial charge >= 0.3 is 23.9 Å². The van der Waals surface area contributed by atoms with Crippen LogP contribution in [0.15, 0.2) is 182 Å². The highest BCUT2D eigenvalue weighted by molar-refractivity contribution is 5.89. The zero-order valence-corrected chi connectivity index (χ0v) is 56.2. The lowest BCUT2D eigenvalue weighted by Gasteiger charge is -2.51. The summed E-state index contributed by atoms with van der Waals surface area (Å²) in [6.45, 7) is 4.39. The van der Waals surface area contributed by atoms with E-state index in [0.29, 0.717) is 5.56 Å². The molecule has 0 bridgehead atoms. The van der Waals surface area contributed by atoms with Gasteiger partial charge in [-0.3, -0.25) is 4.79 Å². The monoisotopic (exact) mass is 1360 g/mol. The van der Waals surface area contributed by atoms with Crippen molar-refractivity contribution in [2.24, 2.45) is 11.8 Å². The van der Waals surface area contributed by atoms with E-state index in [9.17, 15) is 14.4 Å². The topological polar surface area (TPSA) is 244 Å². The van der Waals surface area contributed by atoms with E-state index in [4.69, 9.17) is 90.0 Å². The molecule has 9 unspecified atom stereocenters. The molecule has 0 aromatic heterocycles. The summed E-state index contributed by atoms with van der Waals surface area (Å²) in [5, 5.41) is 0. The van der Waals surface area contributed by atoms with Crippen molar-refractivity contribution in [3.8, 4) is 0 Å². The van der Waals surface area contributed by atoms with E-state index in [-0.39, 0.29) is 45.2 Å². The van der Waals surface area contributed by atoms with E-state index < -0.39 is 153 Å². The highest BCUT2D eigenvalue weighted by atomic mass is 16.8. The number of hydrogen-bond donors (Lipinski definition) is 0. The van der Waals surface area contributed by atoms with Gasteiger partial charge in [-0.15, -0.1) is 0 Å². The standard InChI is InChI=1S/C75H88O23/c1-46-57(94-74-66(83-7)58(80-4)47(2)59(95-74)70(78)89-42-52-33-21-12-22-34-52)56(45-86-48(3)76)92-73(60(46)87-40-50-29-17-10-18-30-50)97-64-63(82-6)68(93-69(77)54-37-25-14-26-38-54)75(98-65(64)71(79)90-43-53-35-23-13-24-36-53)96-61-55(44-85-39-49-27-15-9-16-28-49)91-72(84-8)67(62(61)81-5)88-41-51-31-19-11-20-32-51/h9-38,46-47,55-68,72-75H,39-45H2,1-8H3/t46-,47-,55?,56?,57-,58?,59+,60?,61+,62?,63?,64+,65?,66?,67?,68-,72-,73-,74-,75+/m0/s1. The van der Waals surface area contributed by atoms with Crippen molar-refractivity contribution >= 4 is 23.9 Å². The molecular weight excluding hydrogens is 1270 g/mol. The van der Waals surface area contributed by atoms with Gasteiger partial charge in [-0.1, -0.05) is 184 Å². The van der Waals surface area contributed by atoms with E-state index in [1.807, 2.05) is 134 Å². The molecular formula is C75H88O23. The van der Waals surface area contributed by atoms with Crippen LogP contribution in [0.2, 0.25) is 0 Å². The molecule has 0 spiro atoms. The van der Waals surface area contributed by atoms with Gasteiger partial charge in [0.25, 0.3) is 0 Å². The Morgan fingerprint density at radius 1 is 0.347 bits per heavy atom. The maximum Gasteiger partial charge on any atom is 0.338 e. The van der Waals surface area contributed by atoms with Crippen LogP contribution in [-0.4, -0.2) is 183 Å². The molecule has 0 aliphatic carbocycles. The minimum atomic E-state index is -1.80. The summed E-state index contributed by atoms with van der Waals surface area (Å²) in [6.07, 6.45) is -22.8. The molecule has 0 saturated carbocycles. The van der Waals surface area contributed by atoms with Crippen molar-refractivity contribution in [2.75, 3.05) is 48.8 Å². The minimum Gasteiger partial charge on any atom is -0.463 e. The van der Waals surface area contributed by atoms with Gasteiger partial charge in [-0.2, -0.15) is 0 Å². The fraction of sp³-hybridized carbons (Fsp3) is 0.467. The van der Waals surface area contributed by atoms with E-state index in [2.05, 4.69) is 0 Å². The number of methoxy groups -OCH3 is 5. The summed E-state index contributed by atoms with van der Waals surface area (Å²) < 4.78 is 124. The number of carbonyl (C=O) groups excluding carboxylic acids is 4. The molecule has 6 aromatic rings. The van der Waals surface area contributed by atoms with Gasteiger partial charge in [0, 0.05) is 54.3 Å². The molecule has 10 rings (SSSR count). The fourth-order valence-corrected chi connectivity index (χ4v) is 12.6. The van der Waals surface area contributed by atoms with Crippen molar-refractivity contribution in [1.82, 2.24) is 0 Å². The van der Waals surface area contributed by atoms with Gasteiger partial charge in [-0.05, 0) is 39.9 Å². The first-order valence-corrected chi connectivity index (χ1v) is 32.7. The molecule has 6 aromatic carbocycles. The molecule has 23 heteroatoms. The molecule has 4 fully saturated rings. The second-order valence-corrected chi connectivity index (χ2v) is 24.2. The van der Waals surface area contributed by atoms with Crippen molar-refractivity contribution in [2.45, 2.75) is 164 Å². The number of rotatable bonds is 31. The number of benzene rings is 6. The van der Waals surface area contributed by atoms with Crippen LogP contribution in [0.25, 0.3) is 0 Å². The summed E-state index contributed by atoms with van der Waals surface area (Å²) >= 11 is 0. The smallest absolute Gasteiger partial charge is 0.338 e. The zero-order valence-electron chi connectivity index (χ0n) is 56.2. The summed E-state index contributed by atoms with van der Waals surface area (Å²) in [7, 11) is 7.30. The summed E-state index contributed by atoms with van der Waals surface area (Å²) in [4.78, 5) is 57.2. The fourth-order valence-electron chi connectivity index (χ4n) is 12.6. The molecule has 23 nitrogen and oxygen atoms in total. The average molecular weight is 1360 g/mol. The largest absolute Gasteiger partial charge is 0.463 e. The van der Waals surface area contributed by atoms with Crippen molar-refractivity contribution < 1.29 is 109 Å². The second-order valence-electron chi connectivity index (χ2n) is 24.2. The Kier molecular flexibility index (Phi) is 27.4. The maximum absolute atomic E-state index is 15.4. The molecule has 4 heterocycles. The second kappa shape index (κ2) is 36.6. The molecule has 0 N–H and O–H groups in total. The maximum atomic E-state index is 15.4. The lowest BCUT2D eigenvalue weighted by Crippen LogP contribution is -2.68. The van der Waals surface area contributed by atoms with Gasteiger partial charge in [0.05, 0.1) is 44.2 Å². The molecule has 98 heavy (non-hydrogen) atoms. The van der Waals surface area contributed by atoms with Crippen LogP contribution < -0.4 is 0 Å². The summed E-state index contributed by atoms with van der Waals surface area (Å²) in [6, 6.07) is 54.9. The van der Waals surface area contributed by atoms with Gasteiger partial charge < -0.3 is 90.0 Å². The van der Waals surface area contributed by atoms with Crippen molar-refractivity contribution in [3.63, 3.8) is 0 Å². The summed E-state index contributed by atoms with van der Waals surface area (Å²) in [5.74, 6) is -4.49. The van der Waals surface area contributed by atoms with Crippen LogP contribution in [0.5, 0.6) is 0 Å². The number of ether oxygens (including phenoxy) is 19.